The summed E-state index contributed by atoms with van der Waals surface area (Å²) < 4.78 is 0. The first-order chi connectivity index (χ1) is 7.33. The second kappa shape index (κ2) is 6.83. The molecule has 0 bridgehead atoms. The van der Waals surface area contributed by atoms with Gasteiger partial charge in [-0.25, -0.2) is 0 Å². The van der Waals surface area contributed by atoms with Crippen LogP contribution in [0.4, 0.5) is 0 Å². The van der Waals surface area contributed by atoms with Crippen LogP contribution in [0, 0.1) is 0 Å². The molecular weight excluding hydrogens is 180 g/mol. The minimum atomic E-state index is 1.02. The van der Waals surface area contributed by atoms with E-state index in [1.807, 2.05) is 6.92 Å². The molecule has 1 rings (SSSR count). The molecule has 0 aromatic carbocycles. The Morgan fingerprint density at radius 3 is 3.00 bits per heavy atom. The van der Waals surface area contributed by atoms with Crippen LogP contribution in [0.3, 0.4) is 0 Å². The van der Waals surface area contributed by atoms with Gasteiger partial charge in [-0.15, -0.1) is 0 Å². The van der Waals surface area contributed by atoms with Gasteiger partial charge >= 0.3 is 0 Å². The summed E-state index contributed by atoms with van der Waals surface area (Å²) in [7, 11) is 0. The average Bonchev–Trinajstić information content (AvgIpc) is 2.47. The van der Waals surface area contributed by atoms with Gasteiger partial charge in [0, 0.05) is 0 Å². The number of allylic oxidation sites excluding steroid dienone is 12. The Balaban J connectivity index is 2.58. The lowest BCUT2D eigenvalue weighted by atomic mass is 10.2. The summed E-state index contributed by atoms with van der Waals surface area (Å²) in [5.74, 6) is 0. The Morgan fingerprint density at radius 2 is 2.20 bits per heavy atom. The molecule has 0 nitrogen and oxygen atoms in total. The zero-order chi connectivity index (χ0) is 10.9. The summed E-state index contributed by atoms with van der Waals surface area (Å²) in [6.45, 7) is 4.13. The van der Waals surface area contributed by atoms with E-state index in [1.54, 1.807) is 0 Å². The SMILES string of the molecule is C\C=C/C(C)=C\C=C\C1=CCC=CC=C1. The van der Waals surface area contributed by atoms with Crippen LogP contribution in [-0.2, 0) is 0 Å². The molecule has 0 spiro atoms. The Kier molecular flexibility index (Phi) is 5.24. The summed E-state index contributed by atoms with van der Waals surface area (Å²) in [6, 6.07) is 0. The van der Waals surface area contributed by atoms with Crippen LogP contribution >= 0.6 is 0 Å². The summed E-state index contributed by atoms with van der Waals surface area (Å²) in [4.78, 5) is 0. The maximum atomic E-state index is 2.22. The molecule has 0 unspecified atom stereocenters. The topological polar surface area (TPSA) is 0 Å². The molecular formula is C15H18. The Labute approximate surface area is 92.7 Å². The maximum Gasteiger partial charge on any atom is -0.0157 e. The molecule has 78 valence electrons. The van der Waals surface area contributed by atoms with E-state index in [0.717, 1.165) is 6.42 Å². The minimum absolute atomic E-state index is 1.02. The smallest absolute Gasteiger partial charge is 0.0157 e. The van der Waals surface area contributed by atoms with E-state index < -0.39 is 0 Å². The normalized spacial score (nSPS) is 17.5. The van der Waals surface area contributed by atoms with Gasteiger partial charge in [-0.3, -0.25) is 0 Å². The van der Waals surface area contributed by atoms with Gasteiger partial charge in [0.1, 0.15) is 0 Å². The van der Waals surface area contributed by atoms with Gasteiger partial charge in [-0.05, 0) is 25.8 Å². The fourth-order valence-electron chi connectivity index (χ4n) is 1.35. The fraction of sp³-hybridized carbons (Fsp3) is 0.200. The second-order valence-electron chi connectivity index (χ2n) is 3.50. The average molecular weight is 198 g/mol. The van der Waals surface area contributed by atoms with Gasteiger partial charge < -0.3 is 0 Å². The first-order valence-electron chi connectivity index (χ1n) is 5.34. The summed E-state index contributed by atoms with van der Waals surface area (Å²) in [6.07, 6.45) is 22.2. The highest BCUT2D eigenvalue weighted by molar-refractivity contribution is 5.37. The maximum absolute atomic E-state index is 2.22. The van der Waals surface area contributed by atoms with Crippen molar-refractivity contribution < 1.29 is 0 Å². The molecule has 0 aromatic heterocycles. The molecule has 0 heteroatoms. The van der Waals surface area contributed by atoms with Crippen LogP contribution in [0.2, 0.25) is 0 Å². The third kappa shape index (κ3) is 5.02. The summed E-state index contributed by atoms with van der Waals surface area (Å²) >= 11 is 0. The summed E-state index contributed by atoms with van der Waals surface area (Å²) in [5.41, 5.74) is 2.54. The van der Waals surface area contributed by atoms with Gasteiger partial charge in [-0.1, -0.05) is 66.3 Å². The highest BCUT2D eigenvalue weighted by atomic mass is 13.9. The van der Waals surface area contributed by atoms with Crippen LogP contribution in [0.15, 0.2) is 71.9 Å². The van der Waals surface area contributed by atoms with Crippen molar-refractivity contribution in [2.75, 3.05) is 0 Å². The van der Waals surface area contributed by atoms with E-state index in [0.29, 0.717) is 0 Å². The van der Waals surface area contributed by atoms with Crippen LogP contribution in [0.25, 0.3) is 0 Å². The van der Waals surface area contributed by atoms with E-state index in [1.165, 1.54) is 11.1 Å². The molecule has 0 saturated heterocycles. The molecule has 1 aliphatic carbocycles. The third-order valence-electron chi connectivity index (χ3n) is 2.10. The fourth-order valence-corrected chi connectivity index (χ4v) is 1.35. The van der Waals surface area contributed by atoms with Crippen molar-refractivity contribution in [2.45, 2.75) is 20.3 Å². The zero-order valence-electron chi connectivity index (χ0n) is 9.48. The van der Waals surface area contributed by atoms with Crippen molar-refractivity contribution in [1.82, 2.24) is 0 Å². The standard InChI is InChI=1S/C15H18/c1-3-9-14(2)10-8-13-15-11-6-4-5-7-12-15/h3-6,8-13H,7H2,1-2H3/b9-3-,13-8+,14-10-. The largest absolute Gasteiger partial charge is 0.0874 e. The second-order valence-corrected chi connectivity index (χ2v) is 3.50. The highest BCUT2D eigenvalue weighted by Crippen LogP contribution is 2.07. The lowest BCUT2D eigenvalue weighted by Crippen LogP contribution is -1.70. The Morgan fingerprint density at radius 1 is 1.33 bits per heavy atom. The molecule has 0 radical (unpaired) electrons. The number of hydrogen-bond donors (Lipinski definition) is 0. The summed E-state index contributed by atoms with van der Waals surface area (Å²) in [5, 5.41) is 0. The van der Waals surface area contributed by atoms with Crippen LogP contribution in [0.1, 0.15) is 20.3 Å². The molecule has 0 fully saturated rings. The van der Waals surface area contributed by atoms with E-state index in [4.69, 9.17) is 0 Å². The Bertz CT molecular complexity index is 357. The molecule has 0 atom stereocenters. The number of rotatable bonds is 3. The van der Waals surface area contributed by atoms with Gasteiger partial charge in [-0.2, -0.15) is 0 Å². The van der Waals surface area contributed by atoms with E-state index in [2.05, 4.69) is 67.7 Å². The van der Waals surface area contributed by atoms with Gasteiger partial charge in [0.2, 0.25) is 0 Å². The predicted molar refractivity (Wildman–Crippen MR) is 68.7 cm³/mol. The van der Waals surface area contributed by atoms with Crippen molar-refractivity contribution in [2.24, 2.45) is 0 Å². The molecule has 0 aromatic rings. The van der Waals surface area contributed by atoms with Crippen molar-refractivity contribution in [3.63, 3.8) is 0 Å². The van der Waals surface area contributed by atoms with Crippen LogP contribution in [-0.4, -0.2) is 0 Å². The quantitative estimate of drug-likeness (QED) is 0.585. The molecule has 1 aliphatic rings. The van der Waals surface area contributed by atoms with Crippen LogP contribution in [0.5, 0.6) is 0 Å². The first-order valence-corrected chi connectivity index (χ1v) is 5.34. The highest BCUT2D eigenvalue weighted by Gasteiger charge is 1.86. The molecule has 0 aliphatic heterocycles. The molecule has 15 heavy (non-hydrogen) atoms. The van der Waals surface area contributed by atoms with Gasteiger partial charge in [0.25, 0.3) is 0 Å². The van der Waals surface area contributed by atoms with Crippen molar-refractivity contribution in [1.29, 1.82) is 0 Å². The first kappa shape index (κ1) is 11.5. The van der Waals surface area contributed by atoms with Crippen molar-refractivity contribution in [3.8, 4) is 0 Å². The Hall–Kier alpha value is -1.56. The molecule has 0 heterocycles. The lowest BCUT2D eigenvalue weighted by Gasteiger charge is -1.90. The van der Waals surface area contributed by atoms with E-state index in [9.17, 15) is 0 Å². The molecule has 0 amide bonds. The third-order valence-corrected chi connectivity index (χ3v) is 2.10. The van der Waals surface area contributed by atoms with E-state index in [-0.39, 0.29) is 0 Å². The molecule has 0 saturated carbocycles. The lowest BCUT2D eigenvalue weighted by molar-refractivity contribution is 1.38. The molecule has 0 N–H and O–H groups in total. The van der Waals surface area contributed by atoms with E-state index >= 15 is 0 Å². The monoisotopic (exact) mass is 198 g/mol. The number of hydrogen-bond acceptors (Lipinski definition) is 0. The van der Waals surface area contributed by atoms with Gasteiger partial charge in [0.15, 0.2) is 0 Å². The van der Waals surface area contributed by atoms with Gasteiger partial charge in [0.05, 0.1) is 0 Å². The van der Waals surface area contributed by atoms with Crippen molar-refractivity contribution >= 4 is 0 Å². The van der Waals surface area contributed by atoms with Crippen molar-refractivity contribution in [3.05, 3.63) is 71.9 Å². The predicted octanol–water partition coefficient (Wildman–Crippen LogP) is 4.51. The van der Waals surface area contributed by atoms with Crippen LogP contribution < -0.4 is 0 Å². The zero-order valence-corrected chi connectivity index (χ0v) is 9.48. The minimum Gasteiger partial charge on any atom is -0.0874 e.